The maximum atomic E-state index is 5.02. The molecule has 0 spiro atoms. The summed E-state index contributed by atoms with van der Waals surface area (Å²) < 4.78 is 6.28. The van der Waals surface area contributed by atoms with Gasteiger partial charge in [-0.2, -0.15) is 0 Å². The number of hydrogen-bond donors (Lipinski definition) is 1. The molecule has 1 aliphatic rings. The molecule has 2 unspecified atom stereocenters. The van der Waals surface area contributed by atoms with Crippen molar-refractivity contribution >= 4 is 15.9 Å². The van der Waals surface area contributed by atoms with Crippen LogP contribution >= 0.6 is 15.9 Å². The van der Waals surface area contributed by atoms with Crippen molar-refractivity contribution in [1.29, 1.82) is 0 Å². The molecule has 94 valence electrons. The third-order valence-corrected chi connectivity index (χ3v) is 4.05. The molecule has 1 N–H and O–H groups in total. The lowest BCUT2D eigenvalue weighted by atomic mass is 10.1. The van der Waals surface area contributed by atoms with E-state index in [-0.39, 0.29) is 0 Å². The standard InChI is InChI=1S/C14H20BrNO/c1-10-3-4-12(14(15)7-10)13-8-11(13)9-16-5-6-17-2/h3-4,7,11,13,16H,5-6,8-9H2,1-2H3. The number of hydrogen-bond acceptors (Lipinski definition) is 2. The molecule has 1 saturated carbocycles. The van der Waals surface area contributed by atoms with Crippen LogP contribution in [0.5, 0.6) is 0 Å². The van der Waals surface area contributed by atoms with Gasteiger partial charge in [0.2, 0.25) is 0 Å². The summed E-state index contributed by atoms with van der Waals surface area (Å²) in [6, 6.07) is 6.68. The van der Waals surface area contributed by atoms with E-state index >= 15 is 0 Å². The van der Waals surface area contributed by atoms with E-state index in [1.165, 1.54) is 22.0 Å². The number of benzene rings is 1. The van der Waals surface area contributed by atoms with Crippen LogP contribution in [-0.2, 0) is 4.74 Å². The third kappa shape index (κ3) is 3.54. The Hall–Kier alpha value is -0.380. The van der Waals surface area contributed by atoms with Crippen molar-refractivity contribution in [1.82, 2.24) is 5.32 Å². The van der Waals surface area contributed by atoms with Gasteiger partial charge in [-0.25, -0.2) is 0 Å². The largest absolute Gasteiger partial charge is 0.383 e. The highest BCUT2D eigenvalue weighted by molar-refractivity contribution is 9.10. The van der Waals surface area contributed by atoms with E-state index in [0.717, 1.165) is 31.5 Å². The highest BCUT2D eigenvalue weighted by Gasteiger charge is 2.38. The molecule has 1 aromatic carbocycles. The number of aryl methyl sites for hydroxylation is 1. The summed E-state index contributed by atoms with van der Waals surface area (Å²) in [5.41, 5.74) is 2.78. The van der Waals surface area contributed by atoms with E-state index in [4.69, 9.17) is 4.74 Å². The van der Waals surface area contributed by atoms with E-state index in [2.05, 4.69) is 46.4 Å². The molecule has 1 aliphatic carbocycles. The Bertz CT molecular complexity index is 380. The monoisotopic (exact) mass is 297 g/mol. The predicted molar refractivity (Wildman–Crippen MR) is 74.5 cm³/mol. The van der Waals surface area contributed by atoms with Crippen LogP contribution in [0.25, 0.3) is 0 Å². The van der Waals surface area contributed by atoms with Crippen molar-refractivity contribution in [3.8, 4) is 0 Å². The Kier molecular flexibility index (Phi) is 4.60. The molecule has 0 amide bonds. The third-order valence-electron chi connectivity index (χ3n) is 3.37. The van der Waals surface area contributed by atoms with E-state index in [0.29, 0.717) is 0 Å². The molecule has 2 rings (SSSR count). The normalized spacial score (nSPS) is 22.8. The topological polar surface area (TPSA) is 21.3 Å². The first-order chi connectivity index (χ1) is 8.22. The summed E-state index contributed by atoms with van der Waals surface area (Å²) in [5, 5.41) is 3.44. The summed E-state index contributed by atoms with van der Waals surface area (Å²) in [7, 11) is 1.74. The van der Waals surface area contributed by atoms with Crippen LogP contribution in [0.3, 0.4) is 0 Å². The average molecular weight is 298 g/mol. The molecule has 1 aromatic rings. The maximum absolute atomic E-state index is 5.02. The van der Waals surface area contributed by atoms with Gasteiger partial charge in [-0.15, -0.1) is 0 Å². The first-order valence-corrected chi connectivity index (χ1v) is 6.97. The Labute approximate surface area is 112 Å². The van der Waals surface area contributed by atoms with Crippen molar-refractivity contribution in [3.63, 3.8) is 0 Å². The number of ether oxygens (including phenoxy) is 1. The lowest BCUT2D eigenvalue weighted by molar-refractivity contribution is 0.199. The van der Waals surface area contributed by atoms with Gasteiger partial charge >= 0.3 is 0 Å². The zero-order valence-corrected chi connectivity index (χ0v) is 12.1. The van der Waals surface area contributed by atoms with Gasteiger partial charge in [-0.3, -0.25) is 0 Å². The van der Waals surface area contributed by atoms with Crippen LogP contribution in [0, 0.1) is 12.8 Å². The smallest absolute Gasteiger partial charge is 0.0587 e. The molecule has 2 nitrogen and oxygen atoms in total. The fraction of sp³-hybridized carbons (Fsp3) is 0.571. The zero-order chi connectivity index (χ0) is 12.3. The molecule has 0 bridgehead atoms. The molecular formula is C14H20BrNO. The number of methoxy groups -OCH3 is 1. The minimum Gasteiger partial charge on any atom is -0.383 e. The minimum atomic E-state index is 0.736. The first-order valence-electron chi connectivity index (χ1n) is 6.18. The van der Waals surface area contributed by atoms with E-state index in [1.54, 1.807) is 7.11 Å². The van der Waals surface area contributed by atoms with Crippen LogP contribution in [0.4, 0.5) is 0 Å². The highest BCUT2D eigenvalue weighted by Crippen LogP contribution is 2.49. The maximum Gasteiger partial charge on any atom is 0.0587 e. The van der Waals surface area contributed by atoms with Crippen LogP contribution in [-0.4, -0.2) is 26.8 Å². The Balaban J connectivity index is 1.81. The SMILES string of the molecule is COCCNCC1CC1c1ccc(C)cc1Br. The van der Waals surface area contributed by atoms with Crippen molar-refractivity contribution in [2.45, 2.75) is 19.3 Å². The summed E-state index contributed by atoms with van der Waals surface area (Å²) in [4.78, 5) is 0. The fourth-order valence-corrected chi connectivity index (χ4v) is 3.04. The van der Waals surface area contributed by atoms with E-state index in [1.807, 2.05) is 0 Å². The molecule has 3 heteroatoms. The first kappa shape index (κ1) is 13.1. The van der Waals surface area contributed by atoms with Crippen molar-refractivity contribution in [3.05, 3.63) is 33.8 Å². The van der Waals surface area contributed by atoms with Gasteiger partial charge in [0.05, 0.1) is 6.61 Å². The van der Waals surface area contributed by atoms with Crippen molar-refractivity contribution in [2.75, 3.05) is 26.8 Å². The molecule has 17 heavy (non-hydrogen) atoms. The van der Waals surface area contributed by atoms with Crippen molar-refractivity contribution < 1.29 is 4.74 Å². The summed E-state index contributed by atoms with van der Waals surface area (Å²) >= 11 is 3.67. The van der Waals surface area contributed by atoms with Gasteiger partial charge in [0.25, 0.3) is 0 Å². The Morgan fingerprint density at radius 1 is 1.47 bits per heavy atom. The van der Waals surface area contributed by atoms with Gasteiger partial charge in [0, 0.05) is 18.1 Å². The molecule has 0 aliphatic heterocycles. The van der Waals surface area contributed by atoms with Crippen molar-refractivity contribution in [2.24, 2.45) is 5.92 Å². The number of halogens is 1. The van der Waals surface area contributed by atoms with Crippen LogP contribution in [0.1, 0.15) is 23.5 Å². The lowest BCUT2D eigenvalue weighted by Gasteiger charge is -2.06. The average Bonchev–Trinajstić information content (AvgIpc) is 3.04. The second-order valence-corrected chi connectivity index (χ2v) is 5.68. The second kappa shape index (κ2) is 5.98. The highest BCUT2D eigenvalue weighted by atomic mass is 79.9. The fourth-order valence-electron chi connectivity index (χ4n) is 2.25. The quantitative estimate of drug-likeness (QED) is 0.815. The number of rotatable bonds is 6. The van der Waals surface area contributed by atoms with Crippen LogP contribution in [0.15, 0.2) is 22.7 Å². The molecule has 2 atom stereocenters. The molecule has 0 aromatic heterocycles. The van der Waals surface area contributed by atoms with Gasteiger partial charge in [0.15, 0.2) is 0 Å². The van der Waals surface area contributed by atoms with Gasteiger partial charge < -0.3 is 10.1 Å². The molecule has 0 radical (unpaired) electrons. The predicted octanol–water partition coefficient (Wildman–Crippen LogP) is 3.10. The zero-order valence-electron chi connectivity index (χ0n) is 10.5. The molecular weight excluding hydrogens is 278 g/mol. The Morgan fingerprint density at radius 3 is 3.00 bits per heavy atom. The van der Waals surface area contributed by atoms with E-state index in [9.17, 15) is 0 Å². The lowest BCUT2D eigenvalue weighted by Crippen LogP contribution is -2.21. The number of nitrogens with one attached hydrogen (secondary N) is 1. The van der Waals surface area contributed by atoms with Crippen LogP contribution < -0.4 is 5.32 Å². The summed E-state index contributed by atoms with van der Waals surface area (Å²) in [5.74, 6) is 1.53. The summed E-state index contributed by atoms with van der Waals surface area (Å²) in [6.07, 6.45) is 1.31. The summed E-state index contributed by atoms with van der Waals surface area (Å²) in [6.45, 7) is 4.99. The van der Waals surface area contributed by atoms with Gasteiger partial charge in [-0.05, 0) is 48.9 Å². The minimum absolute atomic E-state index is 0.736. The van der Waals surface area contributed by atoms with Gasteiger partial charge in [-0.1, -0.05) is 28.1 Å². The molecule has 0 heterocycles. The van der Waals surface area contributed by atoms with E-state index < -0.39 is 0 Å². The Morgan fingerprint density at radius 2 is 2.29 bits per heavy atom. The molecule has 0 saturated heterocycles. The van der Waals surface area contributed by atoms with Gasteiger partial charge in [0.1, 0.15) is 0 Å². The molecule has 1 fully saturated rings. The second-order valence-electron chi connectivity index (χ2n) is 4.82. The van der Waals surface area contributed by atoms with Crippen LogP contribution in [0.2, 0.25) is 0 Å².